The van der Waals surface area contributed by atoms with Crippen LogP contribution in [0.2, 0.25) is 0 Å². The molecule has 0 aliphatic carbocycles. The predicted molar refractivity (Wildman–Crippen MR) is 128 cm³/mol. The number of hydrogen-bond acceptors (Lipinski definition) is 8. The molecule has 1 saturated heterocycles. The molecule has 3 aromatic rings. The second-order valence-corrected chi connectivity index (χ2v) is 8.44. The van der Waals surface area contributed by atoms with E-state index in [2.05, 4.69) is 15.0 Å². The minimum atomic E-state index is -0.932. The van der Waals surface area contributed by atoms with E-state index < -0.39 is 24.3 Å². The van der Waals surface area contributed by atoms with Crippen LogP contribution in [0.3, 0.4) is 0 Å². The number of benzene rings is 1. The molecule has 4 heterocycles. The Hall–Kier alpha value is -4.54. The number of carbonyl (C=O) groups excluding carboxylic acids is 3. The molecule has 0 radical (unpaired) electrons. The van der Waals surface area contributed by atoms with Crippen LogP contribution in [0, 0.1) is 0 Å². The average molecular weight is 489 g/mol. The van der Waals surface area contributed by atoms with Crippen molar-refractivity contribution in [1.29, 1.82) is 0 Å². The predicted octanol–water partition coefficient (Wildman–Crippen LogP) is 2.33. The van der Waals surface area contributed by atoms with Gasteiger partial charge in [0, 0.05) is 30.3 Å². The van der Waals surface area contributed by atoms with Crippen molar-refractivity contribution in [1.82, 2.24) is 24.8 Å². The minimum Gasteiger partial charge on any atom is -0.496 e. The Bertz CT molecular complexity index is 1360. The maximum atomic E-state index is 13.3. The highest BCUT2D eigenvalue weighted by Crippen LogP contribution is 2.34. The lowest BCUT2D eigenvalue weighted by Gasteiger charge is -2.44. The van der Waals surface area contributed by atoms with Crippen molar-refractivity contribution in [3.8, 4) is 5.75 Å². The molecule has 11 heteroatoms. The Morgan fingerprint density at radius 1 is 1.17 bits per heavy atom. The van der Waals surface area contributed by atoms with Crippen molar-refractivity contribution in [2.24, 2.45) is 5.73 Å². The molecule has 5 rings (SSSR count). The summed E-state index contributed by atoms with van der Waals surface area (Å²) in [5, 5.41) is 0.759. The third-order valence-electron chi connectivity index (χ3n) is 6.30. The lowest BCUT2D eigenvalue weighted by Crippen LogP contribution is -2.61. The van der Waals surface area contributed by atoms with E-state index in [1.807, 2.05) is 18.2 Å². The highest BCUT2D eigenvalue weighted by Gasteiger charge is 2.45. The number of primary amides is 1. The number of pyridine rings is 1. The normalized spacial score (nSPS) is 19.8. The highest BCUT2D eigenvalue weighted by molar-refractivity contribution is 6.00. The van der Waals surface area contributed by atoms with E-state index in [0.717, 1.165) is 5.39 Å². The molecule has 0 saturated carbocycles. The van der Waals surface area contributed by atoms with Crippen molar-refractivity contribution in [3.63, 3.8) is 0 Å². The van der Waals surface area contributed by atoms with Gasteiger partial charge in [0.15, 0.2) is 11.9 Å². The number of carbonyl (C=O) groups is 3. The number of urea groups is 1. The molecule has 2 N–H and O–H groups in total. The summed E-state index contributed by atoms with van der Waals surface area (Å²) >= 11 is 0. The van der Waals surface area contributed by atoms with Gasteiger partial charge in [0.25, 0.3) is 5.91 Å². The molecule has 1 aromatic carbocycles. The third-order valence-corrected chi connectivity index (χ3v) is 6.30. The first-order valence-corrected chi connectivity index (χ1v) is 11.5. The van der Waals surface area contributed by atoms with Gasteiger partial charge >= 0.3 is 12.0 Å². The number of ether oxygens (including phenoxy) is 2. The average Bonchev–Trinajstić information content (AvgIpc) is 3.11. The lowest BCUT2D eigenvalue weighted by molar-refractivity contribution is -0.135. The van der Waals surface area contributed by atoms with E-state index in [1.54, 1.807) is 12.1 Å². The van der Waals surface area contributed by atoms with Crippen molar-refractivity contribution in [2.45, 2.75) is 31.5 Å². The second kappa shape index (κ2) is 9.61. The number of esters is 1. The molecular formula is C25H24N6O5. The zero-order chi connectivity index (χ0) is 25.2. The molecule has 3 amide bonds. The molecule has 1 fully saturated rings. The van der Waals surface area contributed by atoms with Crippen molar-refractivity contribution in [2.75, 3.05) is 13.7 Å². The number of rotatable bonds is 4. The van der Waals surface area contributed by atoms with Crippen LogP contribution in [0.25, 0.3) is 16.6 Å². The van der Waals surface area contributed by atoms with Gasteiger partial charge in [0.1, 0.15) is 18.2 Å². The summed E-state index contributed by atoms with van der Waals surface area (Å²) in [5.74, 6) is -0.531. The number of hydrogen-bond donors (Lipinski definition) is 1. The SMILES string of the molecule is COc1cc(C(=O)OC2CCCCN3C(=O)C=C(c4ccncn4)N(C(N)=O)C23)nc2ccccc12. The van der Waals surface area contributed by atoms with Gasteiger partial charge < -0.3 is 20.1 Å². The number of methoxy groups -OCH3 is 1. The van der Waals surface area contributed by atoms with Gasteiger partial charge in [-0.15, -0.1) is 0 Å². The van der Waals surface area contributed by atoms with E-state index >= 15 is 0 Å². The second-order valence-electron chi connectivity index (χ2n) is 8.44. The fourth-order valence-corrected chi connectivity index (χ4v) is 4.69. The topological polar surface area (TPSA) is 141 Å². The largest absolute Gasteiger partial charge is 0.496 e. The summed E-state index contributed by atoms with van der Waals surface area (Å²) in [6, 6.07) is 9.58. The molecule has 0 spiro atoms. The van der Waals surface area contributed by atoms with Crippen LogP contribution >= 0.6 is 0 Å². The third kappa shape index (κ3) is 4.19. The first-order valence-electron chi connectivity index (χ1n) is 11.5. The summed E-state index contributed by atoms with van der Waals surface area (Å²) in [5.41, 5.74) is 7.01. The first kappa shape index (κ1) is 23.2. The van der Waals surface area contributed by atoms with Crippen molar-refractivity contribution in [3.05, 3.63) is 66.4 Å². The Morgan fingerprint density at radius 3 is 2.75 bits per heavy atom. The lowest BCUT2D eigenvalue weighted by atomic mass is 10.1. The molecule has 2 aromatic heterocycles. The smallest absolute Gasteiger partial charge is 0.357 e. The van der Waals surface area contributed by atoms with E-state index in [4.69, 9.17) is 15.2 Å². The maximum absolute atomic E-state index is 13.3. The fraction of sp³-hybridized carbons (Fsp3) is 0.280. The molecule has 2 aliphatic rings. The van der Waals surface area contributed by atoms with Crippen LogP contribution in [0.4, 0.5) is 4.79 Å². The zero-order valence-electron chi connectivity index (χ0n) is 19.5. The molecule has 2 aliphatic heterocycles. The molecule has 184 valence electrons. The van der Waals surface area contributed by atoms with Crippen LogP contribution in [0.15, 0.2) is 55.0 Å². The number of para-hydroxylation sites is 1. The van der Waals surface area contributed by atoms with Gasteiger partial charge in [0.2, 0.25) is 0 Å². The van der Waals surface area contributed by atoms with Gasteiger partial charge in [-0.25, -0.2) is 24.5 Å². The van der Waals surface area contributed by atoms with E-state index in [0.29, 0.717) is 42.8 Å². The van der Waals surface area contributed by atoms with Crippen LogP contribution < -0.4 is 10.5 Å². The maximum Gasteiger partial charge on any atom is 0.357 e. The molecule has 11 nitrogen and oxygen atoms in total. The molecular weight excluding hydrogens is 464 g/mol. The Labute approximate surface area is 206 Å². The number of nitrogens with two attached hydrogens (primary N) is 1. The van der Waals surface area contributed by atoms with Gasteiger partial charge in [0.05, 0.1) is 24.0 Å². The number of fused-ring (bicyclic) bond motifs is 2. The Balaban J connectivity index is 1.52. The first-order chi connectivity index (χ1) is 17.5. The van der Waals surface area contributed by atoms with Gasteiger partial charge in [-0.05, 0) is 37.5 Å². The van der Waals surface area contributed by atoms with Crippen LogP contribution in [-0.2, 0) is 9.53 Å². The summed E-state index contributed by atoms with van der Waals surface area (Å²) in [6.07, 6.45) is 4.15. The Morgan fingerprint density at radius 2 is 2.00 bits per heavy atom. The monoisotopic (exact) mass is 488 g/mol. The van der Waals surface area contributed by atoms with Crippen molar-refractivity contribution < 1.29 is 23.9 Å². The number of nitrogens with zero attached hydrogens (tertiary/aromatic N) is 5. The fourth-order valence-electron chi connectivity index (χ4n) is 4.69. The molecule has 0 bridgehead atoms. The Kier molecular flexibility index (Phi) is 6.19. The summed E-state index contributed by atoms with van der Waals surface area (Å²) in [7, 11) is 1.51. The minimum absolute atomic E-state index is 0.0562. The van der Waals surface area contributed by atoms with Crippen LogP contribution in [0.5, 0.6) is 5.75 Å². The molecule has 36 heavy (non-hydrogen) atoms. The van der Waals surface area contributed by atoms with Gasteiger partial charge in [-0.3, -0.25) is 9.69 Å². The van der Waals surface area contributed by atoms with Crippen molar-refractivity contribution >= 4 is 34.5 Å². The zero-order valence-corrected chi connectivity index (χ0v) is 19.5. The van der Waals surface area contributed by atoms with E-state index in [1.165, 1.54) is 41.6 Å². The van der Waals surface area contributed by atoms with E-state index in [-0.39, 0.29) is 17.3 Å². The summed E-state index contributed by atoms with van der Waals surface area (Å²) in [6.45, 7) is 0.386. The molecule has 2 atom stereocenters. The summed E-state index contributed by atoms with van der Waals surface area (Å²) < 4.78 is 11.4. The van der Waals surface area contributed by atoms with Crippen LogP contribution in [-0.4, -0.2) is 68.6 Å². The number of aromatic nitrogens is 3. The standard InChI is InChI=1S/C25H24N6O5/c1-35-21-12-18(29-16-7-3-2-6-15(16)21)24(33)36-20-8-4-5-11-30-22(32)13-19(17-9-10-27-14-28-17)31(23(20)30)25(26)34/h2-3,6-7,9-10,12-14,20,23H,4-5,8,11H2,1H3,(H2,26,34). The van der Waals surface area contributed by atoms with Gasteiger partial charge in [-0.2, -0.15) is 0 Å². The van der Waals surface area contributed by atoms with Gasteiger partial charge in [-0.1, -0.05) is 12.1 Å². The van der Waals surface area contributed by atoms with E-state index in [9.17, 15) is 14.4 Å². The quantitative estimate of drug-likeness (QED) is 0.552. The van der Waals surface area contributed by atoms with Crippen LogP contribution in [0.1, 0.15) is 35.4 Å². The highest BCUT2D eigenvalue weighted by atomic mass is 16.5. The number of amides is 3. The summed E-state index contributed by atoms with van der Waals surface area (Å²) in [4.78, 5) is 54.4. The molecule has 2 unspecified atom stereocenters.